The third-order valence-corrected chi connectivity index (χ3v) is 8.69. The maximum Gasteiger partial charge on any atom is 0.326 e. The van der Waals surface area contributed by atoms with Gasteiger partial charge in [0.2, 0.25) is 29.5 Å². The van der Waals surface area contributed by atoms with E-state index in [1.807, 2.05) is 0 Å². The first-order chi connectivity index (χ1) is 29.7. The van der Waals surface area contributed by atoms with Crippen LogP contribution in [0, 0.1) is 0 Å². The minimum Gasteiger partial charge on any atom is -0.481 e. The van der Waals surface area contributed by atoms with Gasteiger partial charge in [-0.3, -0.25) is 28.8 Å². The number of carbonyl (C=O) groups excluding carboxylic acids is 6. The summed E-state index contributed by atoms with van der Waals surface area (Å²) in [6.45, 7) is 0.0825. The van der Waals surface area contributed by atoms with Crippen molar-refractivity contribution in [2.24, 2.45) is 0 Å². The molecule has 0 aromatic heterocycles. The maximum absolute atomic E-state index is 12.2. The molecule has 62 heavy (non-hydrogen) atoms. The Bertz CT molecular complexity index is 1380. The molecule has 354 valence electrons. The molecule has 0 fully saturated rings. The normalized spacial score (nSPS) is 12.3. The Morgan fingerprint density at radius 1 is 0.419 bits per heavy atom. The number of carbonyl (C=O) groups is 10. The molecule has 0 aliphatic heterocycles. The van der Waals surface area contributed by atoms with Crippen LogP contribution in [-0.4, -0.2) is 164 Å². The first kappa shape index (κ1) is 56.7. The van der Waals surface area contributed by atoms with Crippen molar-refractivity contribution >= 4 is 59.7 Å². The van der Waals surface area contributed by atoms with Crippen LogP contribution in [0.5, 0.6) is 0 Å². The number of hydrogen-bond donors (Lipinski definition) is 9. The lowest BCUT2D eigenvalue weighted by Gasteiger charge is -2.16. The molecular weight excluding hydrogens is 826 g/mol. The van der Waals surface area contributed by atoms with E-state index in [1.54, 1.807) is 0 Å². The smallest absolute Gasteiger partial charge is 0.326 e. The predicted molar refractivity (Wildman–Crippen MR) is 216 cm³/mol. The summed E-state index contributed by atoms with van der Waals surface area (Å²) in [5.41, 5.74) is 0. The molecule has 0 spiro atoms. The molecule has 5 amide bonds. The second kappa shape index (κ2) is 37.5. The Balaban J connectivity index is 3.88. The van der Waals surface area contributed by atoms with Crippen molar-refractivity contribution in [2.75, 3.05) is 65.9 Å². The van der Waals surface area contributed by atoms with Crippen LogP contribution in [0.2, 0.25) is 0 Å². The summed E-state index contributed by atoms with van der Waals surface area (Å²) in [6, 6.07) is -3.93. The minimum atomic E-state index is -1.44. The van der Waals surface area contributed by atoms with Gasteiger partial charge in [-0.25, -0.2) is 14.4 Å². The zero-order chi connectivity index (χ0) is 46.4. The van der Waals surface area contributed by atoms with Gasteiger partial charge in [0, 0.05) is 45.2 Å². The molecule has 9 N–H and O–H groups in total. The van der Waals surface area contributed by atoms with Gasteiger partial charge in [-0.2, -0.15) is 0 Å². The number of carboxylic acid groups (broad SMARTS) is 4. The summed E-state index contributed by atoms with van der Waals surface area (Å²) in [4.78, 5) is 116. The third-order valence-electron chi connectivity index (χ3n) is 8.69. The van der Waals surface area contributed by atoms with Gasteiger partial charge < -0.3 is 70.8 Å². The van der Waals surface area contributed by atoms with Gasteiger partial charge >= 0.3 is 23.9 Å². The number of unbranched alkanes of at least 4 members (excludes halogenated alkanes) is 7. The number of aldehydes is 1. The van der Waals surface area contributed by atoms with E-state index in [0.29, 0.717) is 19.1 Å². The summed E-state index contributed by atoms with van der Waals surface area (Å²) in [5.74, 6) is -7.50. The Morgan fingerprint density at radius 3 is 1.29 bits per heavy atom. The zero-order valence-corrected chi connectivity index (χ0v) is 35.2. The van der Waals surface area contributed by atoms with E-state index in [9.17, 15) is 58.2 Å². The quantitative estimate of drug-likeness (QED) is 0.0276. The van der Waals surface area contributed by atoms with Crippen molar-refractivity contribution in [3.05, 3.63) is 0 Å². The molecule has 0 aromatic rings. The fraction of sp³-hybridized carbons (Fsp3) is 0.744. The van der Waals surface area contributed by atoms with E-state index < -0.39 is 84.6 Å². The van der Waals surface area contributed by atoms with Crippen molar-refractivity contribution in [3.8, 4) is 0 Å². The van der Waals surface area contributed by atoms with Crippen molar-refractivity contribution in [1.82, 2.24) is 26.6 Å². The first-order valence-electron chi connectivity index (χ1n) is 20.7. The number of aliphatic carboxylic acids is 4. The Labute approximate surface area is 360 Å². The molecular formula is C39H65N5O18. The standard InChI is InChI=1S/C39H65N5O18/c45-19-9-10-28(37(53)54)42-33(48)16-14-30(39(57)58)44-35(50)27-62-25-23-60-21-18-41-34(49)26-61-24-22-59-20-17-40-31(46)15-13-29(38(55)56)43-32(47)11-7-5-3-1-2-4-6-8-12-36(51)52/h19,28-30H,1-18,20-27H2,(H,40,46)(H,41,49)(H,42,48)(H,43,47)(H,44,50)(H,51,52)(H,53,54)(H,55,56)(H,57,58)/t28-,29-,30-/m0/s1. The molecule has 0 heterocycles. The lowest BCUT2D eigenvalue weighted by molar-refractivity contribution is -0.144. The van der Waals surface area contributed by atoms with Gasteiger partial charge in [-0.1, -0.05) is 38.5 Å². The molecule has 23 nitrogen and oxygen atoms in total. The van der Waals surface area contributed by atoms with E-state index in [0.717, 1.165) is 38.5 Å². The van der Waals surface area contributed by atoms with Crippen LogP contribution in [0.1, 0.15) is 103 Å². The fourth-order valence-corrected chi connectivity index (χ4v) is 5.38. The molecule has 0 rings (SSSR count). The predicted octanol–water partition coefficient (Wildman–Crippen LogP) is -0.481. The molecule has 0 aromatic carbocycles. The van der Waals surface area contributed by atoms with Gasteiger partial charge in [0.05, 0.1) is 39.6 Å². The van der Waals surface area contributed by atoms with Gasteiger partial charge in [-0.15, -0.1) is 0 Å². The molecule has 3 atom stereocenters. The highest BCUT2D eigenvalue weighted by atomic mass is 16.5. The average molecular weight is 892 g/mol. The van der Waals surface area contributed by atoms with Gasteiger partial charge in [-0.05, 0) is 32.1 Å². The largest absolute Gasteiger partial charge is 0.481 e. The Morgan fingerprint density at radius 2 is 0.806 bits per heavy atom. The van der Waals surface area contributed by atoms with E-state index in [-0.39, 0.29) is 104 Å². The lowest BCUT2D eigenvalue weighted by atomic mass is 10.1. The highest BCUT2D eigenvalue weighted by Crippen LogP contribution is 2.11. The Kier molecular flexibility index (Phi) is 34.3. The SMILES string of the molecule is O=CCC[C@H](NC(=O)CC[C@H](NC(=O)COCCOCCNC(=O)COCCOCCNC(=O)CC[C@H](NC(=O)CCCCCCCCCCC(=O)O)C(=O)O)C(=O)O)C(=O)O. The van der Waals surface area contributed by atoms with Gasteiger partial charge in [0.1, 0.15) is 37.6 Å². The van der Waals surface area contributed by atoms with Crippen molar-refractivity contribution < 1.29 is 87.3 Å². The summed E-state index contributed by atoms with van der Waals surface area (Å²) in [5, 5.41) is 48.6. The van der Waals surface area contributed by atoms with E-state index in [1.165, 1.54) is 0 Å². The average Bonchev–Trinajstić information content (AvgIpc) is 3.21. The number of hydrogen-bond acceptors (Lipinski definition) is 14. The van der Waals surface area contributed by atoms with Crippen LogP contribution in [-0.2, 0) is 66.9 Å². The molecule has 23 heteroatoms. The monoisotopic (exact) mass is 891 g/mol. The molecule has 0 saturated carbocycles. The van der Waals surface area contributed by atoms with Crippen LogP contribution in [0.4, 0.5) is 0 Å². The number of rotatable bonds is 42. The molecule has 0 bridgehead atoms. The van der Waals surface area contributed by atoms with E-state index in [4.69, 9.17) is 29.2 Å². The minimum absolute atomic E-state index is 0.0267. The van der Waals surface area contributed by atoms with Crippen LogP contribution in [0.15, 0.2) is 0 Å². The Hall–Kier alpha value is -5.26. The highest BCUT2D eigenvalue weighted by Gasteiger charge is 2.24. The van der Waals surface area contributed by atoms with Crippen molar-refractivity contribution in [1.29, 1.82) is 0 Å². The highest BCUT2D eigenvalue weighted by molar-refractivity contribution is 5.87. The van der Waals surface area contributed by atoms with E-state index in [2.05, 4.69) is 26.6 Å². The summed E-state index contributed by atoms with van der Waals surface area (Å²) < 4.78 is 21.0. The van der Waals surface area contributed by atoms with Gasteiger partial charge in [0.25, 0.3) is 0 Å². The molecule has 0 radical (unpaired) electrons. The topological polar surface area (TPSA) is 349 Å². The molecule has 0 saturated heterocycles. The maximum atomic E-state index is 12.2. The summed E-state index contributed by atoms with van der Waals surface area (Å²) >= 11 is 0. The van der Waals surface area contributed by atoms with Crippen LogP contribution in [0.3, 0.4) is 0 Å². The second-order valence-corrected chi connectivity index (χ2v) is 13.9. The number of carboxylic acids is 4. The molecule has 0 unspecified atom stereocenters. The van der Waals surface area contributed by atoms with Crippen LogP contribution >= 0.6 is 0 Å². The van der Waals surface area contributed by atoms with Crippen LogP contribution < -0.4 is 26.6 Å². The second-order valence-electron chi connectivity index (χ2n) is 13.9. The molecule has 0 aliphatic carbocycles. The number of amides is 5. The third kappa shape index (κ3) is 34.5. The first-order valence-corrected chi connectivity index (χ1v) is 20.7. The van der Waals surface area contributed by atoms with E-state index >= 15 is 0 Å². The lowest BCUT2D eigenvalue weighted by Crippen LogP contribution is -2.44. The van der Waals surface area contributed by atoms with Crippen molar-refractivity contribution in [3.63, 3.8) is 0 Å². The zero-order valence-electron chi connectivity index (χ0n) is 35.2. The summed E-state index contributed by atoms with van der Waals surface area (Å²) in [7, 11) is 0. The van der Waals surface area contributed by atoms with Crippen molar-refractivity contribution in [2.45, 2.75) is 121 Å². The number of nitrogens with one attached hydrogen (secondary N) is 5. The summed E-state index contributed by atoms with van der Waals surface area (Å²) in [6.07, 6.45) is 6.65. The fourth-order valence-electron chi connectivity index (χ4n) is 5.38. The van der Waals surface area contributed by atoms with Gasteiger partial charge in [0.15, 0.2) is 0 Å². The molecule has 0 aliphatic rings. The number of ether oxygens (including phenoxy) is 4. The van der Waals surface area contributed by atoms with Crippen LogP contribution in [0.25, 0.3) is 0 Å².